The van der Waals surface area contributed by atoms with Crippen LogP contribution in [-0.4, -0.2) is 24.1 Å². The van der Waals surface area contributed by atoms with Gasteiger partial charge in [-0.15, -0.1) is 0 Å². The zero-order valence-corrected chi connectivity index (χ0v) is 23.1. The summed E-state index contributed by atoms with van der Waals surface area (Å²) >= 11 is 0. The third-order valence-electron chi connectivity index (χ3n) is 4.84. The third kappa shape index (κ3) is 12.7. The maximum absolute atomic E-state index is 9.04. The summed E-state index contributed by atoms with van der Waals surface area (Å²) in [5, 5.41) is 9.04. The maximum Gasteiger partial charge on any atom is 0.201 e. The molecule has 37 heavy (non-hydrogen) atoms. The van der Waals surface area contributed by atoms with Crippen LogP contribution in [-0.2, 0) is 4.74 Å². The molecule has 0 aliphatic carbocycles. The van der Waals surface area contributed by atoms with Crippen LogP contribution >= 0.6 is 0 Å². The topological polar surface area (TPSA) is 47.9 Å². The van der Waals surface area contributed by atoms with Gasteiger partial charge in [-0.25, -0.2) is 0 Å². The average molecular weight is 503 g/mol. The second-order valence-corrected chi connectivity index (χ2v) is 9.49. The molecule has 3 aromatic carbocycles. The lowest BCUT2D eigenvalue weighted by Crippen LogP contribution is -2.24. The Kier molecular flexibility index (Phi) is 13.6. The molecule has 0 fully saturated rings. The van der Waals surface area contributed by atoms with Crippen molar-refractivity contribution in [2.75, 3.05) is 7.11 Å². The molecule has 1 unspecified atom stereocenters. The number of phenolic OH excluding ortho intramolecular Hbond substituents is 1. The fourth-order valence-corrected chi connectivity index (χ4v) is 2.96. The standard InChI is InChI=1S/C13H18O2.C12H16O.C8H8O/c1-5-11-6-8-12(9-7-11)15-13(14-4)10(2)3;1-5-10-6-8-11(9-7-10)13-12(2,3)4;1-2-7-5-3-4-6-8(7)9/h5-10,13H,1H2,2-4H3;5-9H,1H2,2-4H3;2-6,9H,1H2. The minimum atomic E-state index is -0.195. The molecule has 1 atom stereocenters. The summed E-state index contributed by atoms with van der Waals surface area (Å²) in [5.41, 5.74) is 2.84. The van der Waals surface area contributed by atoms with Crippen molar-refractivity contribution in [1.29, 1.82) is 0 Å². The van der Waals surface area contributed by atoms with Gasteiger partial charge in [-0.3, -0.25) is 0 Å². The lowest BCUT2D eigenvalue weighted by atomic mass is 10.2. The first-order chi connectivity index (χ1) is 17.5. The van der Waals surface area contributed by atoms with E-state index in [1.54, 1.807) is 31.4 Å². The Bertz CT molecular complexity index is 1070. The zero-order chi connectivity index (χ0) is 27.8. The van der Waals surface area contributed by atoms with Crippen LogP contribution in [0.4, 0.5) is 0 Å². The highest BCUT2D eigenvalue weighted by Gasteiger charge is 2.13. The van der Waals surface area contributed by atoms with E-state index in [9.17, 15) is 0 Å². The number of methoxy groups -OCH3 is 1. The molecule has 0 saturated carbocycles. The molecule has 4 heteroatoms. The summed E-state index contributed by atoms with van der Waals surface area (Å²) in [6.07, 6.45) is 5.05. The smallest absolute Gasteiger partial charge is 0.201 e. The summed E-state index contributed by atoms with van der Waals surface area (Å²) < 4.78 is 16.6. The molecule has 0 amide bonds. The first-order valence-corrected chi connectivity index (χ1v) is 12.3. The molecule has 3 aromatic rings. The summed E-state index contributed by atoms with van der Waals surface area (Å²) in [4.78, 5) is 0. The molecule has 3 rings (SSSR count). The molecule has 198 valence electrons. The van der Waals surface area contributed by atoms with Crippen LogP contribution in [0.15, 0.2) is 92.5 Å². The third-order valence-corrected chi connectivity index (χ3v) is 4.84. The lowest BCUT2D eigenvalue weighted by Gasteiger charge is -2.21. The predicted molar refractivity (Wildman–Crippen MR) is 158 cm³/mol. The average Bonchev–Trinajstić information content (AvgIpc) is 2.88. The van der Waals surface area contributed by atoms with E-state index in [0.717, 1.165) is 28.2 Å². The van der Waals surface area contributed by atoms with Crippen molar-refractivity contribution in [2.24, 2.45) is 5.92 Å². The van der Waals surface area contributed by atoms with Gasteiger partial charge in [0.05, 0.1) is 0 Å². The minimum Gasteiger partial charge on any atom is -0.507 e. The van der Waals surface area contributed by atoms with Gasteiger partial charge in [0.15, 0.2) is 0 Å². The summed E-state index contributed by atoms with van der Waals surface area (Å²) in [5.74, 6) is 2.33. The zero-order valence-electron chi connectivity index (χ0n) is 23.1. The SMILES string of the molecule is C=Cc1ccc(OC(C)(C)C)cc1.C=Cc1ccc(OC(OC)C(C)C)cc1.C=Cc1ccccc1O. The fourth-order valence-electron chi connectivity index (χ4n) is 2.96. The van der Waals surface area contributed by atoms with Crippen molar-refractivity contribution >= 4 is 18.2 Å². The van der Waals surface area contributed by atoms with Crippen LogP contribution in [0.5, 0.6) is 17.2 Å². The van der Waals surface area contributed by atoms with Gasteiger partial charge in [0, 0.05) is 18.6 Å². The number of phenols is 1. The minimum absolute atomic E-state index is 0.129. The number of hydrogen-bond acceptors (Lipinski definition) is 4. The molecule has 0 bridgehead atoms. The van der Waals surface area contributed by atoms with Crippen molar-refractivity contribution < 1.29 is 19.3 Å². The molecular weight excluding hydrogens is 460 g/mol. The Morgan fingerprint density at radius 3 is 1.57 bits per heavy atom. The number of aromatic hydroxyl groups is 1. The summed E-state index contributed by atoms with van der Waals surface area (Å²) in [6, 6.07) is 22.8. The van der Waals surface area contributed by atoms with Crippen LogP contribution in [0.3, 0.4) is 0 Å². The van der Waals surface area contributed by atoms with Gasteiger partial charge in [-0.2, -0.15) is 0 Å². The van der Waals surface area contributed by atoms with Crippen molar-refractivity contribution in [3.63, 3.8) is 0 Å². The van der Waals surface area contributed by atoms with Crippen molar-refractivity contribution in [3.05, 3.63) is 109 Å². The van der Waals surface area contributed by atoms with E-state index >= 15 is 0 Å². The molecule has 0 aliphatic rings. The van der Waals surface area contributed by atoms with Crippen LogP contribution in [0.2, 0.25) is 0 Å². The van der Waals surface area contributed by atoms with E-state index in [1.807, 2.05) is 87.5 Å². The Labute approximate surface area is 223 Å². The van der Waals surface area contributed by atoms with Gasteiger partial charge in [0.1, 0.15) is 22.8 Å². The van der Waals surface area contributed by atoms with E-state index in [0.29, 0.717) is 5.92 Å². The van der Waals surface area contributed by atoms with E-state index in [1.165, 1.54) is 0 Å². The van der Waals surface area contributed by atoms with Crippen LogP contribution in [0.1, 0.15) is 51.3 Å². The Morgan fingerprint density at radius 1 is 0.730 bits per heavy atom. The van der Waals surface area contributed by atoms with Gasteiger partial charge >= 0.3 is 0 Å². The highest BCUT2D eigenvalue weighted by atomic mass is 16.7. The van der Waals surface area contributed by atoms with Crippen LogP contribution in [0.25, 0.3) is 18.2 Å². The Hall–Kier alpha value is -3.76. The van der Waals surface area contributed by atoms with E-state index in [2.05, 4.69) is 33.6 Å². The molecule has 0 radical (unpaired) electrons. The van der Waals surface area contributed by atoms with Gasteiger partial charge in [-0.1, -0.05) is 94.3 Å². The summed E-state index contributed by atoms with van der Waals surface area (Å²) in [7, 11) is 1.66. The molecular formula is C33H42O4. The van der Waals surface area contributed by atoms with Crippen molar-refractivity contribution in [3.8, 4) is 17.2 Å². The highest BCUT2D eigenvalue weighted by Crippen LogP contribution is 2.19. The molecule has 0 aromatic heterocycles. The number of para-hydroxylation sites is 1. The van der Waals surface area contributed by atoms with E-state index < -0.39 is 0 Å². The van der Waals surface area contributed by atoms with Gasteiger partial charge in [0.25, 0.3) is 0 Å². The molecule has 0 spiro atoms. The Morgan fingerprint density at radius 2 is 1.22 bits per heavy atom. The molecule has 0 heterocycles. The highest BCUT2D eigenvalue weighted by molar-refractivity contribution is 5.54. The van der Waals surface area contributed by atoms with Gasteiger partial charge in [0.2, 0.25) is 6.29 Å². The largest absolute Gasteiger partial charge is 0.507 e. The van der Waals surface area contributed by atoms with Gasteiger partial charge < -0.3 is 19.3 Å². The normalized spacial score (nSPS) is 11.1. The summed E-state index contributed by atoms with van der Waals surface area (Å²) in [6.45, 7) is 21.2. The fraction of sp³-hybridized carbons (Fsp3) is 0.273. The van der Waals surface area contributed by atoms with Crippen LogP contribution < -0.4 is 9.47 Å². The molecule has 1 N–H and O–H groups in total. The van der Waals surface area contributed by atoms with Gasteiger partial charge in [-0.05, 0) is 62.2 Å². The van der Waals surface area contributed by atoms with Crippen LogP contribution in [0, 0.1) is 5.92 Å². The predicted octanol–water partition coefficient (Wildman–Crippen LogP) is 8.88. The van der Waals surface area contributed by atoms with E-state index in [-0.39, 0.29) is 17.6 Å². The lowest BCUT2D eigenvalue weighted by molar-refractivity contribution is -0.0833. The molecule has 0 aliphatic heterocycles. The number of hydrogen-bond donors (Lipinski definition) is 1. The second-order valence-electron chi connectivity index (χ2n) is 9.49. The molecule has 0 saturated heterocycles. The monoisotopic (exact) mass is 502 g/mol. The van der Waals surface area contributed by atoms with Crippen molar-refractivity contribution in [1.82, 2.24) is 0 Å². The first-order valence-electron chi connectivity index (χ1n) is 12.3. The first kappa shape index (κ1) is 31.3. The van der Waals surface area contributed by atoms with Crippen molar-refractivity contribution in [2.45, 2.75) is 46.5 Å². The Balaban J connectivity index is 0.000000286. The maximum atomic E-state index is 9.04. The number of ether oxygens (including phenoxy) is 3. The quantitative estimate of drug-likeness (QED) is 0.312. The number of rotatable bonds is 8. The molecule has 4 nitrogen and oxygen atoms in total. The number of benzene rings is 3. The second kappa shape index (κ2) is 16.1. The van der Waals surface area contributed by atoms with E-state index in [4.69, 9.17) is 19.3 Å².